The Bertz CT molecular complexity index is 3170. The third kappa shape index (κ3) is 13.7. The molecule has 0 heterocycles. The van der Waals surface area contributed by atoms with Crippen LogP contribution in [0.4, 0.5) is 52.7 Å². The second-order valence-electron chi connectivity index (χ2n) is 20.0. The average Bonchev–Trinajstić information content (AvgIpc) is 3.57. The molecule has 0 saturated heterocycles. The summed E-state index contributed by atoms with van der Waals surface area (Å²) in [5.74, 6) is -10.8. The molecule has 0 aromatic heterocycles. The minimum Gasteiger partial charge on any atom is -0.456 e. The highest BCUT2D eigenvalue weighted by Gasteiger charge is 2.46. The van der Waals surface area contributed by atoms with Crippen molar-refractivity contribution in [2.75, 3.05) is 14.2 Å². The lowest BCUT2D eigenvalue weighted by molar-refractivity contribution is -0.212. The van der Waals surface area contributed by atoms with E-state index in [1.165, 1.54) is 72.8 Å². The van der Waals surface area contributed by atoms with Crippen molar-refractivity contribution in [1.29, 1.82) is 0 Å². The van der Waals surface area contributed by atoms with E-state index in [1.807, 2.05) is 13.8 Å². The van der Waals surface area contributed by atoms with Gasteiger partial charge < -0.3 is 14.2 Å². The Balaban J connectivity index is 1.35. The normalized spacial score (nSPS) is 13.1. The molecular formula is C66H58F12O3. The maximum absolute atomic E-state index is 18.0. The first-order valence-electron chi connectivity index (χ1n) is 26.4. The zero-order valence-corrected chi connectivity index (χ0v) is 44.7. The summed E-state index contributed by atoms with van der Waals surface area (Å²) in [6.07, 6.45) is -15.1. The predicted molar refractivity (Wildman–Crippen MR) is 290 cm³/mol. The number of rotatable bonds is 22. The molecule has 0 aliphatic rings. The Morgan fingerprint density at radius 2 is 0.753 bits per heavy atom. The van der Waals surface area contributed by atoms with Gasteiger partial charge in [0.15, 0.2) is 12.2 Å². The predicted octanol–water partition coefficient (Wildman–Crippen LogP) is 18.7. The lowest BCUT2D eigenvalue weighted by Crippen LogP contribution is -2.33. The van der Waals surface area contributed by atoms with Crippen molar-refractivity contribution in [3.8, 4) is 33.8 Å². The zero-order chi connectivity index (χ0) is 58.3. The SMILES string of the molecule is CCCc1ccc(-c2ccc(Cc3c(CC(OC)C(F)(F)F)ccc(Oc4ccc(CC(OC)C(F)(F)F)c(Cc5ccc(-c6ccc(CCC)cc6F)cc5)c4C(F)(F)c4ccccc4)c3C(F)(F)c3ccccc3)cc2)c(F)c1. The lowest BCUT2D eigenvalue weighted by atomic mass is 9.85. The number of halogens is 12. The maximum Gasteiger partial charge on any atom is 0.414 e. The fraction of sp³-hybridized carbons (Fsp3) is 0.273. The van der Waals surface area contributed by atoms with E-state index in [9.17, 15) is 26.3 Å². The molecule has 0 bridgehead atoms. The van der Waals surface area contributed by atoms with Crippen molar-refractivity contribution in [1.82, 2.24) is 0 Å². The van der Waals surface area contributed by atoms with Gasteiger partial charge in [-0.3, -0.25) is 0 Å². The Hall–Kier alpha value is -7.36. The topological polar surface area (TPSA) is 27.7 Å². The van der Waals surface area contributed by atoms with Crippen LogP contribution >= 0.6 is 0 Å². The van der Waals surface area contributed by atoms with Crippen LogP contribution in [-0.2, 0) is 59.8 Å². The van der Waals surface area contributed by atoms with Gasteiger partial charge >= 0.3 is 24.2 Å². The molecule has 0 aliphatic carbocycles. The first-order valence-corrected chi connectivity index (χ1v) is 26.4. The quantitative estimate of drug-likeness (QED) is 0.0633. The summed E-state index contributed by atoms with van der Waals surface area (Å²) in [4.78, 5) is 0. The van der Waals surface area contributed by atoms with Crippen molar-refractivity contribution >= 4 is 0 Å². The van der Waals surface area contributed by atoms with Crippen LogP contribution in [0.3, 0.4) is 0 Å². The fourth-order valence-electron chi connectivity index (χ4n) is 10.2. The van der Waals surface area contributed by atoms with Gasteiger partial charge in [0.1, 0.15) is 23.1 Å². The second-order valence-corrected chi connectivity index (χ2v) is 20.0. The van der Waals surface area contributed by atoms with E-state index < -0.39 is 107 Å². The molecule has 8 aromatic rings. The van der Waals surface area contributed by atoms with E-state index in [4.69, 9.17) is 14.2 Å². The third-order valence-corrected chi connectivity index (χ3v) is 14.4. The molecule has 0 N–H and O–H groups in total. The molecule has 0 aliphatic heterocycles. The first-order chi connectivity index (χ1) is 38.6. The van der Waals surface area contributed by atoms with Gasteiger partial charge in [0.05, 0.1) is 11.1 Å². The van der Waals surface area contributed by atoms with Gasteiger partial charge in [-0.2, -0.15) is 43.9 Å². The van der Waals surface area contributed by atoms with E-state index in [0.717, 1.165) is 86.7 Å². The minimum absolute atomic E-state index is 0.243. The number of aryl methyl sites for hydroxylation is 2. The highest BCUT2D eigenvalue weighted by Crippen LogP contribution is 2.51. The molecule has 0 fully saturated rings. The molecule has 15 heteroatoms. The fourth-order valence-corrected chi connectivity index (χ4v) is 10.2. The van der Waals surface area contributed by atoms with Gasteiger partial charge in [-0.15, -0.1) is 0 Å². The molecule has 81 heavy (non-hydrogen) atoms. The molecule has 0 spiro atoms. The van der Waals surface area contributed by atoms with Crippen molar-refractivity contribution in [2.45, 2.75) is 102 Å². The Kier molecular flexibility index (Phi) is 18.6. The summed E-state index contributed by atoms with van der Waals surface area (Å²) >= 11 is 0. The Labute approximate surface area is 463 Å². The number of alkyl halides is 10. The number of benzene rings is 8. The highest BCUT2D eigenvalue weighted by molar-refractivity contribution is 5.67. The minimum atomic E-state index is -4.98. The van der Waals surface area contributed by atoms with E-state index >= 15 is 26.3 Å². The lowest BCUT2D eigenvalue weighted by Gasteiger charge is -2.30. The summed E-state index contributed by atoms with van der Waals surface area (Å²) in [6, 6.07) is 38.5. The summed E-state index contributed by atoms with van der Waals surface area (Å²) in [5.41, 5.74) is -1.11. The molecular weight excluding hydrogens is 1070 g/mol. The number of hydrogen-bond donors (Lipinski definition) is 0. The summed E-state index contributed by atoms with van der Waals surface area (Å²) in [7, 11) is 1.64. The summed E-state index contributed by atoms with van der Waals surface area (Å²) < 4.78 is 206. The summed E-state index contributed by atoms with van der Waals surface area (Å²) in [5, 5.41) is 0. The molecule has 2 unspecified atom stereocenters. The van der Waals surface area contributed by atoms with Crippen molar-refractivity contribution in [3.05, 3.63) is 248 Å². The number of methoxy groups -OCH3 is 2. The van der Waals surface area contributed by atoms with Crippen LogP contribution in [0.5, 0.6) is 11.5 Å². The highest BCUT2D eigenvalue weighted by atomic mass is 19.4. The van der Waals surface area contributed by atoms with Crippen molar-refractivity contribution in [2.24, 2.45) is 0 Å². The molecule has 0 radical (unpaired) electrons. The molecule has 0 saturated carbocycles. The molecule has 424 valence electrons. The zero-order valence-electron chi connectivity index (χ0n) is 44.7. The van der Waals surface area contributed by atoms with Crippen molar-refractivity contribution in [3.63, 3.8) is 0 Å². The molecule has 8 rings (SSSR count). The van der Waals surface area contributed by atoms with Gasteiger partial charge in [0, 0.05) is 49.3 Å². The first kappa shape index (κ1) is 59.8. The van der Waals surface area contributed by atoms with Crippen LogP contribution in [0.2, 0.25) is 0 Å². The smallest absolute Gasteiger partial charge is 0.414 e. The van der Waals surface area contributed by atoms with Gasteiger partial charge in [0.25, 0.3) is 0 Å². The van der Waals surface area contributed by atoms with E-state index in [-0.39, 0.29) is 44.5 Å². The molecule has 8 aromatic carbocycles. The van der Waals surface area contributed by atoms with Gasteiger partial charge in [-0.1, -0.05) is 172 Å². The Morgan fingerprint density at radius 3 is 1.06 bits per heavy atom. The van der Waals surface area contributed by atoms with E-state index in [1.54, 1.807) is 48.5 Å². The number of ether oxygens (including phenoxy) is 3. The van der Waals surface area contributed by atoms with Crippen LogP contribution in [-0.4, -0.2) is 38.8 Å². The second kappa shape index (κ2) is 25.2. The molecule has 3 nitrogen and oxygen atoms in total. The van der Waals surface area contributed by atoms with Crippen LogP contribution in [0, 0.1) is 11.6 Å². The van der Waals surface area contributed by atoms with Crippen LogP contribution in [0.1, 0.15) is 93.5 Å². The van der Waals surface area contributed by atoms with Gasteiger partial charge in [0.2, 0.25) is 0 Å². The number of hydrogen-bond acceptors (Lipinski definition) is 3. The third-order valence-electron chi connectivity index (χ3n) is 14.4. The van der Waals surface area contributed by atoms with E-state index in [0.29, 0.717) is 24.0 Å². The van der Waals surface area contributed by atoms with Crippen molar-refractivity contribution < 1.29 is 66.9 Å². The van der Waals surface area contributed by atoms with Crippen LogP contribution in [0.15, 0.2) is 170 Å². The standard InChI is InChI=1S/C66H58F12O3/c1-5-13-41-23-31-51(55(67)37-41)45-25-19-43(20-26-45)35-53-47(39-59(79-3)65(73,74)75)29-33-57(61(53)63(69,70)49-15-9-7-10-16-49)81-58-34-30-48(40-60(80-4)66(76,77)78)54(62(58)64(71,72)50-17-11-8-12-18-50)36-44-21-27-46(28-22-44)52-32-24-42(14-6-2)38-56(52)68/h7-12,15-34,37-38,59-60H,5-6,13-14,35-36,39-40H2,1-4H3. The molecule has 0 amide bonds. The summed E-state index contributed by atoms with van der Waals surface area (Å²) in [6.45, 7) is 3.91. The maximum atomic E-state index is 18.0. The van der Waals surface area contributed by atoms with Gasteiger partial charge in [-0.05, 0) is 106 Å². The van der Waals surface area contributed by atoms with Crippen LogP contribution in [0.25, 0.3) is 22.3 Å². The largest absolute Gasteiger partial charge is 0.456 e. The van der Waals surface area contributed by atoms with Crippen LogP contribution < -0.4 is 4.74 Å². The Morgan fingerprint density at radius 1 is 0.407 bits per heavy atom. The average molecular weight is 1130 g/mol. The monoisotopic (exact) mass is 1130 g/mol. The van der Waals surface area contributed by atoms with E-state index in [2.05, 4.69) is 0 Å². The van der Waals surface area contributed by atoms with Gasteiger partial charge in [-0.25, -0.2) is 8.78 Å². The molecule has 2 atom stereocenters.